The zero-order valence-corrected chi connectivity index (χ0v) is 32.4. The number of aliphatic hydroxyl groups excluding tert-OH is 1. The summed E-state index contributed by atoms with van der Waals surface area (Å²) in [5.41, 5.74) is 1.29. The van der Waals surface area contributed by atoms with Crippen LogP contribution in [0.25, 0.3) is 0 Å². The van der Waals surface area contributed by atoms with Crippen molar-refractivity contribution in [1.29, 1.82) is 0 Å². The second-order valence-corrected chi connectivity index (χ2v) is 14.5. The number of esters is 1. The molecule has 0 unspecified atom stereocenters. The van der Waals surface area contributed by atoms with E-state index in [0.29, 0.717) is 28.9 Å². The van der Waals surface area contributed by atoms with Crippen LogP contribution in [-0.2, 0) is 40.4 Å². The monoisotopic (exact) mass is 796 g/mol. The molecule has 0 saturated carbocycles. The number of aromatic nitrogens is 1. The molecule has 302 valence electrons. The van der Waals surface area contributed by atoms with Crippen LogP contribution < -0.4 is 15.0 Å². The standard InChI is InChI=1S/C46H44N4O9/c1-56-28-29-58-45(55)49-35-21-10-9-20-34(35)46(44(49)54)37(42(52)48-25-23-32-18-12-13-24-47-32)39-43(53)59-40(31-16-6-3-7-17-31)38(30-14-4-2-5-15-30)50(39)41(46)33-19-8-11-22-36(33)57-27-26-51/h2-22,24,37-41,51H,23,25-29H2,1H3,(H,48,52)/t37-,38-,39-,40+,41+,46-/m0/s1. The molecule has 0 bridgehead atoms. The maximum Gasteiger partial charge on any atom is 0.421 e. The van der Waals surface area contributed by atoms with E-state index in [1.807, 2.05) is 77.7 Å². The number of rotatable bonds is 13. The van der Waals surface area contributed by atoms with E-state index in [9.17, 15) is 9.90 Å². The number of carbonyl (C=O) groups is 4. The van der Waals surface area contributed by atoms with Crippen LogP contribution in [0.3, 0.4) is 0 Å². The van der Waals surface area contributed by atoms with E-state index in [4.69, 9.17) is 18.9 Å². The summed E-state index contributed by atoms with van der Waals surface area (Å²) in [6, 6.07) is 35.0. The summed E-state index contributed by atoms with van der Waals surface area (Å²) in [5.74, 6) is -3.18. The third-order valence-electron chi connectivity index (χ3n) is 11.3. The Bertz CT molecular complexity index is 2300. The summed E-state index contributed by atoms with van der Waals surface area (Å²) < 4.78 is 23.4. The Labute approximate surface area is 341 Å². The number of hydrogen-bond acceptors (Lipinski definition) is 11. The Morgan fingerprint density at radius 2 is 1.51 bits per heavy atom. The van der Waals surface area contributed by atoms with Crippen LogP contribution in [0.2, 0.25) is 0 Å². The summed E-state index contributed by atoms with van der Waals surface area (Å²) in [5, 5.41) is 13.0. The Morgan fingerprint density at radius 3 is 2.24 bits per heavy atom. The van der Waals surface area contributed by atoms with Gasteiger partial charge in [-0.05, 0) is 41.0 Å². The van der Waals surface area contributed by atoms with Crippen LogP contribution in [0.1, 0.15) is 46.1 Å². The number of ether oxygens (including phenoxy) is 4. The third-order valence-corrected chi connectivity index (χ3v) is 11.3. The van der Waals surface area contributed by atoms with Gasteiger partial charge in [0.15, 0.2) is 0 Å². The first-order chi connectivity index (χ1) is 28.9. The van der Waals surface area contributed by atoms with Gasteiger partial charge in [-0.15, -0.1) is 0 Å². The summed E-state index contributed by atoms with van der Waals surface area (Å²) >= 11 is 0. The van der Waals surface area contributed by atoms with Gasteiger partial charge in [0, 0.05) is 37.5 Å². The molecule has 59 heavy (non-hydrogen) atoms. The van der Waals surface area contributed by atoms with Crippen molar-refractivity contribution in [3.05, 3.63) is 162 Å². The fourth-order valence-corrected chi connectivity index (χ4v) is 9.05. The molecule has 3 aliphatic heterocycles. The van der Waals surface area contributed by atoms with Crippen molar-refractivity contribution in [2.45, 2.75) is 36.1 Å². The van der Waals surface area contributed by atoms with Crippen LogP contribution in [0.5, 0.6) is 5.75 Å². The minimum atomic E-state index is -1.95. The lowest BCUT2D eigenvalue weighted by Crippen LogP contribution is -2.56. The second kappa shape index (κ2) is 17.2. The molecule has 2 fully saturated rings. The highest BCUT2D eigenvalue weighted by atomic mass is 16.6. The smallest absolute Gasteiger partial charge is 0.421 e. The average Bonchev–Trinajstić information content (AvgIpc) is 3.73. The molecule has 13 heteroatoms. The highest BCUT2D eigenvalue weighted by molar-refractivity contribution is 6.23. The minimum Gasteiger partial charge on any atom is -0.491 e. The van der Waals surface area contributed by atoms with E-state index >= 15 is 14.4 Å². The molecule has 3 aliphatic rings. The van der Waals surface area contributed by atoms with Crippen molar-refractivity contribution in [3.8, 4) is 5.75 Å². The fourth-order valence-electron chi connectivity index (χ4n) is 9.05. The van der Waals surface area contributed by atoms with Crippen molar-refractivity contribution < 1.29 is 43.2 Å². The number of pyridine rings is 1. The summed E-state index contributed by atoms with van der Waals surface area (Å²) in [6.45, 7) is -0.282. The normalized spacial score (nSPS) is 23.4. The Morgan fingerprint density at radius 1 is 0.814 bits per heavy atom. The molecule has 2 N–H and O–H groups in total. The number of morpholine rings is 1. The maximum atomic E-state index is 16.0. The average molecular weight is 797 g/mol. The number of cyclic esters (lactones) is 1. The molecule has 6 atom stereocenters. The predicted octanol–water partition coefficient (Wildman–Crippen LogP) is 5.26. The van der Waals surface area contributed by atoms with Crippen LogP contribution in [0.15, 0.2) is 134 Å². The van der Waals surface area contributed by atoms with Gasteiger partial charge < -0.3 is 29.4 Å². The molecular weight excluding hydrogens is 753 g/mol. The first-order valence-electron chi connectivity index (χ1n) is 19.6. The molecule has 5 aromatic rings. The number of aliphatic hydroxyl groups is 1. The van der Waals surface area contributed by atoms with Crippen LogP contribution >= 0.6 is 0 Å². The number of carbonyl (C=O) groups excluding carboxylic acids is 4. The highest BCUT2D eigenvalue weighted by Gasteiger charge is 2.76. The van der Waals surface area contributed by atoms with Crippen LogP contribution in [-0.4, -0.2) is 85.0 Å². The van der Waals surface area contributed by atoms with Crippen LogP contribution in [0, 0.1) is 5.92 Å². The number of methoxy groups -OCH3 is 1. The van der Waals surface area contributed by atoms with Crippen molar-refractivity contribution in [2.75, 3.05) is 45.0 Å². The number of imide groups is 1. The molecule has 8 rings (SSSR count). The van der Waals surface area contributed by atoms with Gasteiger partial charge in [0.1, 0.15) is 36.5 Å². The number of nitrogens with zero attached hydrogens (tertiary/aromatic N) is 3. The molecule has 1 aromatic heterocycles. The molecule has 13 nitrogen and oxygen atoms in total. The van der Waals surface area contributed by atoms with Gasteiger partial charge in [-0.1, -0.05) is 103 Å². The molecule has 2 saturated heterocycles. The molecule has 0 radical (unpaired) electrons. The van der Waals surface area contributed by atoms with Crippen molar-refractivity contribution in [3.63, 3.8) is 0 Å². The molecule has 1 spiro atoms. The zero-order chi connectivity index (χ0) is 40.9. The lowest BCUT2D eigenvalue weighted by atomic mass is 9.65. The molecule has 4 heterocycles. The van der Waals surface area contributed by atoms with Gasteiger partial charge in [-0.2, -0.15) is 0 Å². The Kier molecular flexibility index (Phi) is 11.5. The van der Waals surface area contributed by atoms with Gasteiger partial charge in [-0.25, -0.2) is 9.69 Å². The maximum absolute atomic E-state index is 16.0. The quantitative estimate of drug-likeness (QED) is 0.118. The van der Waals surface area contributed by atoms with E-state index in [1.54, 1.807) is 60.8 Å². The van der Waals surface area contributed by atoms with E-state index in [1.165, 1.54) is 7.11 Å². The number of anilines is 1. The number of para-hydroxylation sites is 2. The Balaban J connectivity index is 1.40. The SMILES string of the molecule is COCCOC(=O)N1C(=O)[C@@]2(c3ccccc31)[C@H](C(=O)NCCc1ccccn1)[C@H]1C(=O)O[C@H](c3ccccc3)[C@H](c3ccccc3)N1[C@@H]2c1ccccc1OCCO. The molecule has 4 aromatic carbocycles. The fraction of sp³-hybridized carbons (Fsp3) is 0.283. The van der Waals surface area contributed by atoms with Gasteiger partial charge in [0.05, 0.1) is 36.9 Å². The lowest BCUT2D eigenvalue weighted by molar-refractivity contribution is -0.178. The predicted molar refractivity (Wildman–Crippen MR) is 215 cm³/mol. The van der Waals surface area contributed by atoms with E-state index in [-0.39, 0.29) is 38.7 Å². The molecule has 0 aliphatic carbocycles. The van der Waals surface area contributed by atoms with Gasteiger partial charge in [0.25, 0.3) is 0 Å². The first-order valence-corrected chi connectivity index (χ1v) is 19.6. The number of fused-ring (bicyclic) bond motifs is 3. The van der Waals surface area contributed by atoms with E-state index in [0.717, 1.165) is 16.2 Å². The number of benzene rings is 4. The largest absolute Gasteiger partial charge is 0.491 e. The van der Waals surface area contributed by atoms with Gasteiger partial charge in [-0.3, -0.25) is 24.3 Å². The second-order valence-electron chi connectivity index (χ2n) is 14.5. The number of amides is 3. The van der Waals surface area contributed by atoms with Gasteiger partial charge in [0.2, 0.25) is 11.8 Å². The van der Waals surface area contributed by atoms with Crippen molar-refractivity contribution >= 4 is 29.6 Å². The highest BCUT2D eigenvalue weighted by Crippen LogP contribution is 2.66. The van der Waals surface area contributed by atoms with Gasteiger partial charge >= 0.3 is 12.1 Å². The lowest BCUT2D eigenvalue weighted by Gasteiger charge is -2.46. The van der Waals surface area contributed by atoms with E-state index < -0.39 is 59.4 Å². The van der Waals surface area contributed by atoms with E-state index in [2.05, 4.69) is 10.3 Å². The summed E-state index contributed by atoms with van der Waals surface area (Å²) in [4.78, 5) is 67.8. The number of nitrogens with one attached hydrogen (secondary N) is 1. The number of hydrogen-bond donors (Lipinski definition) is 2. The zero-order valence-electron chi connectivity index (χ0n) is 32.4. The topological polar surface area (TPSA) is 157 Å². The van der Waals surface area contributed by atoms with Crippen molar-refractivity contribution in [2.24, 2.45) is 5.92 Å². The Hall–Kier alpha value is -6.41. The summed E-state index contributed by atoms with van der Waals surface area (Å²) in [7, 11) is 1.47. The van der Waals surface area contributed by atoms with Crippen molar-refractivity contribution in [1.82, 2.24) is 15.2 Å². The minimum absolute atomic E-state index is 0.0725. The summed E-state index contributed by atoms with van der Waals surface area (Å²) in [6.07, 6.45) is 0.197. The first kappa shape index (κ1) is 39.4. The molecular formula is C46H44N4O9. The third kappa shape index (κ3) is 7.00. The van der Waals surface area contributed by atoms with Crippen LogP contribution in [0.4, 0.5) is 10.5 Å². The molecule has 3 amide bonds.